The molecule has 0 radical (unpaired) electrons. The van der Waals surface area contributed by atoms with Crippen molar-refractivity contribution in [1.82, 2.24) is 9.97 Å². The van der Waals surface area contributed by atoms with E-state index in [4.69, 9.17) is 23.2 Å². The molecular formula is C16H13Cl2N3S. The summed E-state index contributed by atoms with van der Waals surface area (Å²) in [6.45, 7) is 0. The topological polar surface area (TPSA) is 37.8 Å². The standard InChI is InChI=1S/C16H13Cl2N3S/c17-11-6-5-9(7-12(11)18)21-15-14-10-3-1-2-4-13(10)22-16(14)20-8-19-15/h5-8H,1-4H2,(H,19,20,21). The van der Waals surface area contributed by atoms with Crippen LogP contribution < -0.4 is 5.32 Å². The molecule has 3 aromatic rings. The fraction of sp³-hybridized carbons (Fsp3) is 0.250. The quantitative estimate of drug-likeness (QED) is 0.652. The van der Waals surface area contributed by atoms with Gasteiger partial charge in [-0.25, -0.2) is 9.97 Å². The van der Waals surface area contributed by atoms with Crippen molar-refractivity contribution in [2.24, 2.45) is 0 Å². The lowest BCUT2D eigenvalue weighted by Crippen LogP contribution is -2.01. The van der Waals surface area contributed by atoms with E-state index in [-0.39, 0.29) is 0 Å². The van der Waals surface area contributed by atoms with E-state index in [9.17, 15) is 0 Å². The molecule has 6 heteroatoms. The first-order chi connectivity index (χ1) is 10.7. The molecule has 4 rings (SSSR count). The Balaban J connectivity index is 1.81. The molecule has 1 aliphatic rings. The van der Waals surface area contributed by atoms with Crippen molar-refractivity contribution in [2.75, 3.05) is 5.32 Å². The highest BCUT2D eigenvalue weighted by Gasteiger charge is 2.19. The molecule has 1 aromatic carbocycles. The summed E-state index contributed by atoms with van der Waals surface area (Å²) < 4.78 is 0. The fourth-order valence-electron chi connectivity index (χ4n) is 2.90. The third-order valence-corrected chi connectivity index (χ3v) is 5.87. The number of anilines is 2. The third kappa shape index (κ3) is 2.45. The minimum absolute atomic E-state index is 0.532. The third-order valence-electron chi connectivity index (χ3n) is 3.93. The highest BCUT2D eigenvalue weighted by molar-refractivity contribution is 7.19. The van der Waals surface area contributed by atoms with Gasteiger partial charge in [-0.2, -0.15) is 0 Å². The largest absolute Gasteiger partial charge is 0.340 e. The predicted molar refractivity (Wildman–Crippen MR) is 93.8 cm³/mol. The van der Waals surface area contributed by atoms with Crippen LogP contribution in [0, 0.1) is 0 Å². The average Bonchev–Trinajstić information content (AvgIpc) is 2.90. The van der Waals surface area contributed by atoms with Crippen molar-refractivity contribution in [3.8, 4) is 0 Å². The van der Waals surface area contributed by atoms with Gasteiger partial charge in [-0.15, -0.1) is 11.3 Å². The number of aromatic nitrogens is 2. The molecule has 0 saturated carbocycles. The van der Waals surface area contributed by atoms with Gasteiger partial charge >= 0.3 is 0 Å². The Bertz CT molecular complexity index is 860. The van der Waals surface area contributed by atoms with E-state index in [2.05, 4.69) is 15.3 Å². The van der Waals surface area contributed by atoms with Crippen LogP contribution in [-0.4, -0.2) is 9.97 Å². The molecule has 22 heavy (non-hydrogen) atoms. The minimum Gasteiger partial charge on any atom is -0.340 e. The number of nitrogens with zero attached hydrogens (tertiary/aromatic N) is 2. The van der Waals surface area contributed by atoms with Gasteiger partial charge in [0.15, 0.2) is 0 Å². The summed E-state index contributed by atoms with van der Waals surface area (Å²) in [6.07, 6.45) is 6.38. The second kappa shape index (κ2) is 5.69. The maximum atomic E-state index is 6.09. The van der Waals surface area contributed by atoms with Gasteiger partial charge in [0.2, 0.25) is 0 Å². The Labute approximate surface area is 142 Å². The van der Waals surface area contributed by atoms with Crippen molar-refractivity contribution in [3.05, 3.63) is 45.0 Å². The van der Waals surface area contributed by atoms with Crippen molar-refractivity contribution in [2.45, 2.75) is 25.7 Å². The zero-order valence-corrected chi connectivity index (χ0v) is 14.0. The van der Waals surface area contributed by atoms with Gasteiger partial charge in [0.25, 0.3) is 0 Å². The van der Waals surface area contributed by atoms with Crippen molar-refractivity contribution < 1.29 is 0 Å². The zero-order valence-electron chi connectivity index (χ0n) is 11.7. The van der Waals surface area contributed by atoms with Crippen molar-refractivity contribution in [1.29, 1.82) is 0 Å². The van der Waals surface area contributed by atoms with Crippen molar-refractivity contribution in [3.63, 3.8) is 0 Å². The van der Waals surface area contributed by atoms with Gasteiger partial charge in [0.1, 0.15) is 17.0 Å². The van der Waals surface area contributed by atoms with Gasteiger partial charge in [-0.3, -0.25) is 0 Å². The molecule has 0 amide bonds. The SMILES string of the molecule is Clc1ccc(Nc2ncnc3sc4c(c23)CCCC4)cc1Cl. The van der Waals surface area contributed by atoms with Crippen molar-refractivity contribution >= 4 is 56.3 Å². The molecule has 0 atom stereocenters. The molecule has 0 saturated heterocycles. The summed E-state index contributed by atoms with van der Waals surface area (Å²) in [7, 11) is 0. The first-order valence-electron chi connectivity index (χ1n) is 7.19. The minimum atomic E-state index is 0.532. The van der Waals surface area contributed by atoms with E-state index >= 15 is 0 Å². The maximum absolute atomic E-state index is 6.09. The number of nitrogens with one attached hydrogen (secondary N) is 1. The molecular weight excluding hydrogens is 337 g/mol. The fourth-order valence-corrected chi connectivity index (χ4v) is 4.42. The number of benzene rings is 1. The van der Waals surface area contributed by atoms with Crippen LogP contribution in [0.3, 0.4) is 0 Å². The second-order valence-electron chi connectivity index (χ2n) is 5.37. The van der Waals surface area contributed by atoms with Crippen LogP contribution in [0.1, 0.15) is 23.3 Å². The van der Waals surface area contributed by atoms with Crippen LogP contribution in [0.15, 0.2) is 24.5 Å². The van der Waals surface area contributed by atoms with E-state index < -0.39 is 0 Å². The van der Waals surface area contributed by atoms with Crippen LogP contribution in [0.2, 0.25) is 10.0 Å². The number of hydrogen-bond acceptors (Lipinski definition) is 4. The van der Waals surface area contributed by atoms with Gasteiger partial charge in [0, 0.05) is 10.6 Å². The molecule has 0 spiro atoms. The molecule has 0 bridgehead atoms. The summed E-state index contributed by atoms with van der Waals surface area (Å²) in [6, 6.07) is 5.51. The first-order valence-corrected chi connectivity index (χ1v) is 8.77. The number of hydrogen-bond donors (Lipinski definition) is 1. The molecule has 2 heterocycles. The zero-order chi connectivity index (χ0) is 15.1. The number of rotatable bonds is 2. The summed E-state index contributed by atoms with van der Waals surface area (Å²) in [5.74, 6) is 0.850. The summed E-state index contributed by atoms with van der Waals surface area (Å²) in [4.78, 5) is 11.4. The highest BCUT2D eigenvalue weighted by atomic mass is 35.5. The summed E-state index contributed by atoms with van der Waals surface area (Å²) in [5.41, 5.74) is 2.29. The Morgan fingerprint density at radius 2 is 1.91 bits per heavy atom. The number of thiophene rings is 1. The molecule has 1 N–H and O–H groups in total. The maximum Gasteiger partial charge on any atom is 0.142 e. The van der Waals surface area contributed by atoms with Gasteiger partial charge in [-0.1, -0.05) is 23.2 Å². The molecule has 0 aliphatic heterocycles. The normalized spacial score (nSPS) is 14.1. The average molecular weight is 350 g/mol. The Kier molecular flexibility index (Phi) is 3.68. The lowest BCUT2D eigenvalue weighted by molar-refractivity contribution is 0.700. The lowest BCUT2D eigenvalue weighted by Gasteiger charge is -2.12. The molecule has 0 unspecified atom stereocenters. The van der Waals surface area contributed by atoms with Crippen LogP contribution in [0.5, 0.6) is 0 Å². The molecule has 0 fully saturated rings. The van der Waals surface area contributed by atoms with E-state index in [1.165, 1.54) is 23.3 Å². The van der Waals surface area contributed by atoms with Crippen LogP contribution in [0.4, 0.5) is 11.5 Å². The molecule has 3 nitrogen and oxygen atoms in total. The summed E-state index contributed by atoms with van der Waals surface area (Å²) >= 11 is 13.9. The van der Waals surface area contributed by atoms with Crippen LogP contribution in [0.25, 0.3) is 10.2 Å². The van der Waals surface area contributed by atoms with Crippen LogP contribution >= 0.6 is 34.5 Å². The van der Waals surface area contributed by atoms with E-state index in [0.29, 0.717) is 10.0 Å². The Hall–Kier alpha value is -1.36. The van der Waals surface area contributed by atoms with Gasteiger partial charge in [0.05, 0.1) is 15.4 Å². The summed E-state index contributed by atoms with van der Waals surface area (Å²) in [5, 5.41) is 5.60. The highest BCUT2D eigenvalue weighted by Crippen LogP contribution is 2.39. The monoisotopic (exact) mass is 349 g/mol. The second-order valence-corrected chi connectivity index (χ2v) is 7.27. The number of aryl methyl sites for hydroxylation is 2. The van der Waals surface area contributed by atoms with Crippen LogP contribution in [-0.2, 0) is 12.8 Å². The Morgan fingerprint density at radius 1 is 1.05 bits per heavy atom. The van der Waals surface area contributed by atoms with Gasteiger partial charge < -0.3 is 5.32 Å². The molecule has 112 valence electrons. The van der Waals surface area contributed by atoms with E-state index in [1.807, 2.05) is 12.1 Å². The number of halogens is 2. The predicted octanol–water partition coefficient (Wildman–Crippen LogP) is 5.62. The van der Waals surface area contributed by atoms with E-state index in [1.54, 1.807) is 23.7 Å². The number of fused-ring (bicyclic) bond motifs is 3. The van der Waals surface area contributed by atoms with E-state index in [0.717, 1.165) is 34.6 Å². The molecule has 1 aliphatic carbocycles. The Morgan fingerprint density at radius 3 is 2.77 bits per heavy atom. The lowest BCUT2D eigenvalue weighted by atomic mass is 9.97. The van der Waals surface area contributed by atoms with Gasteiger partial charge in [-0.05, 0) is 49.4 Å². The molecule has 2 aromatic heterocycles. The smallest absolute Gasteiger partial charge is 0.142 e. The first kappa shape index (κ1) is 14.2.